The monoisotopic (exact) mass is 406 g/mol. The fourth-order valence-electron chi connectivity index (χ4n) is 4.32. The molecule has 7 nitrogen and oxygen atoms in total. The molecule has 0 fully saturated rings. The summed E-state index contributed by atoms with van der Waals surface area (Å²) in [4.78, 5) is 31.7. The van der Waals surface area contributed by atoms with Crippen molar-refractivity contribution >= 4 is 22.9 Å². The van der Waals surface area contributed by atoms with E-state index in [1.54, 1.807) is 28.8 Å². The standard InChI is InChI=1S/C23H26N4O3/c1-3-30-23(29)26-11-9-18-16(14-26)12-25-13-20(18)22(28)27-15(2)17(8-10-24)19-6-4-5-7-21(19)27/h4-7,12-13H,3,8-11,14,24H2,1-2H3. The molecule has 1 aromatic carbocycles. The van der Waals surface area contributed by atoms with Crippen LogP contribution >= 0.6 is 0 Å². The van der Waals surface area contributed by atoms with Gasteiger partial charge in [0.15, 0.2) is 0 Å². The maximum atomic E-state index is 13.7. The molecule has 1 aliphatic rings. The molecule has 1 amide bonds. The summed E-state index contributed by atoms with van der Waals surface area (Å²) in [5.41, 5.74) is 11.1. The van der Waals surface area contributed by atoms with Gasteiger partial charge in [-0.05, 0) is 56.0 Å². The number of para-hydroxylation sites is 1. The number of hydrogen-bond acceptors (Lipinski definition) is 5. The average Bonchev–Trinajstić information content (AvgIpc) is 3.04. The molecule has 0 atom stereocenters. The molecule has 30 heavy (non-hydrogen) atoms. The molecule has 0 saturated carbocycles. The Balaban J connectivity index is 1.75. The molecular formula is C23H26N4O3. The van der Waals surface area contributed by atoms with Crippen molar-refractivity contribution in [3.8, 4) is 0 Å². The van der Waals surface area contributed by atoms with E-state index in [9.17, 15) is 9.59 Å². The number of benzene rings is 1. The molecule has 7 heteroatoms. The highest BCUT2D eigenvalue weighted by molar-refractivity contribution is 6.05. The summed E-state index contributed by atoms with van der Waals surface area (Å²) < 4.78 is 6.89. The number of pyridine rings is 1. The van der Waals surface area contributed by atoms with E-state index < -0.39 is 0 Å². The van der Waals surface area contributed by atoms with E-state index >= 15 is 0 Å². The van der Waals surface area contributed by atoms with Gasteiger partial charge >= 0.3 is 6.09 Å². The Bertz CT molecular complexity index is 1120. The van der Waals surface area contributed by atoms with Crippen LogP contribution in [0.25, 0.3) is 10.9 Å². The quantitative estimate of drug-likeness (QED) is 0.719. The molecule has 2 N–H and O–H groups in total. The van der Waals surface area contributed by atoms with Crippen LogP contribution in [0.4, 0.5) is 4.79 Å². The maximum Gasteiger partial charge on any atom is 0.410 e. The lowest BCUT2D eigenvalue weighted by Gasteiger charge is -2.28. The zero-order valence-electron chi connectivity index (χ0n) is 17.4. The first kappa shape index (κ1) is 20.1. The molecule has 0 bridgehead atoms. The Morgan fingerprint density at radius 3 is 2.80 bits per heavy atom. The third-order valence-corrected chi connectivity index (χ3v) is 5.74. The van der Waals surface area contributed by atoms with Gasteiger partial charge < -0.3 is 15.4 Å². The summed E-state index contributed by atoms with van der Waals surface area (Å²) in [5, 5.41) is 1.06. The van der Waals surface area contributed by atoms with Crippen molar-refractivity contribution in [2.24, 2.45) is 5.73 Å². The number of carbonyl (C=O) groups is 2. The highest BCUT2D eigenvalue weighted by Crippen LogP contribution is 2.29. The largest absolute Gasteiger partial charge is 0.450 e. The molecule has 0 unspecified atom stereocenters. The summed E-state index contributed by atoms with van der Waals surface area (Å²) in [5.74, 6) is -0.0964. The molecule has 0 spiro atoms. The van der Waals surface area contributed by atoms with E-state index in [1.165, 1.54) is 0 Å². The van der Waals surface area contributed by atoms with Crippen LogP contribution in [0.2, 0.25) is 0 Å². The fourth-order valence-corrected chi connectivity index (χ4v) is 4.32. The number of aromatic nitrogens is 2. The molecule has 2 aromatic heterocycles. The molecule has 0 aliphatic carbocycles. The smallest absolute Gasteiger partial charge is 0.410 e. The molecule has 156 valence electrons. The summed E-state index contributed by atoms with van der Waals surface area (Å²) in [7, 11) is 0. The van der Waals surface area contributed by atoms with Crippen molar-refractivity contribution < 1.29 is 14.3 Å². The highest BCUT2D eigenvalue weighted by Gasteiger charge is 2.27. The first-order chi connectivity index (χ1) is 14.6. The van der Waals surface area contributed by atoms with Crippen LogP contribution in [-0.4, -0.2) is 46.1 Å². The van der Waals surface area contributed by atoms with E-state index in [2.05, 4.69) is 4.98 Å². The van der Waals surface area contributed by atoms with Crippen LogP contribution in [-0.2, 0) is 24.1 Å². The lowest BCUT2D eigenvalue weighted by atomic mass is 9.97. The SMILES string of the molecule is CCOC(=O)N1CCc2c(cncc2C(=O)n2c(C)c(CCN)c3ccccc32)C1. The van der Waals surface area contributed by atoms with E-state index in [-0.39, 0.29) is 12.0 Å². The Hall–Kier alpha value is -3.19. The number of nitrogens with two attached hydrogens (primary N) is 1. The zero-order chi connectivity index (χ0) is 21.3. The van der Waals surface area contributed by atoms with Gasteiger partial charge in [-0.25, -0.2) is 4.79 Å². The van der Waals surface area contributed by atoms with E-state index in [0.29, 0.717) is 44.6 Å². The third-order valence-electron chi connectivity index (χ3n) is 5.74. The average molecular weight is 406 g/mol. The highest BCUT2D eigenvalue weighted by atomic mass is 16.6. The number of carbonyl (C=O) groups excluding carboxylic acids is 2. The van der Waals surface area contributed by atoms with Gasteiger partial charge in [0.2, 0.25) is 0 Å². The van der Waals surface area contributed by atoms with Crippen molar-refractivity contribution in [3.63, 3.8) is 0 Å². The minimum atomic E-state index is -0.335. The first-order valence-electron chi connectivity index (χ1n) is 10.3. The lowest BCUT2D eigenvalue weighted by molar-refractivity contribution is 0.0959. The number of hydrogen-bond donors (Lipinski definition) is 1. The van der Waals surface area contributed by atoms with Crippen LogP contribution in [0.3, 0.4) is 0 Å². The van der Waals surface area contributed by atoms with Crippen LogP contribution in [0.1, 0.15) is 39.7 Å². The van der Waals surface area contributed by atoms with Crippen molar-refractivity contribution in [1.29, 1.82) is 0 Å². The summed E-state index contributed by atoms with van der Waals surface area (Å²) >= 11 is 0. The molecule has 1 aliphatic heterocycles. The van der Waals surface area contributed by atoms with E-state index in [0.717, 1.165) is 33.3 Å². The predicted molar refractivity (Wildman–Crippen MR) is 115 cm³/mol. The number of fused-ring (bicyclic) bond motifs is 2. The topological polar surface area (TPSA) is 90.5 Å². The van der Waals surface area contributed by atoms with Gasteiger partial charge in [-0.15, -0.1) is 0 Å². The summed E-state index contributed by atoms with van der Waals surface area (Å²) in [6.07, 6.45) is 4.34. The van der Waals surface area contributed by atoms with Crippen molar-refractivity contribution in [3.05, 3.63) is 64.6 Å². The first-order valence-corrected chi connectivity index (χ1v) is 10.3. The van der Waals surface area contributed by atoms with E-state index in [1.807, 2.05) is 31.2 Å². The van der Waals surface area contributed by atoms with Gasteiger partial charge in [0, 0.05) is 30.0 Å². The molecule has 0 saturated heterocycles. The molecular weight excluding hydrogens is 380 g/mol. The Kier molecular flexibility index (Phi) is 5.55. The predicted octanol–water partition coefficient (Wildman–Crippen LogP) is 3.05. The maximum absolute atomic E-state index is 13.7. The van der Waals surface area contributed by atoms with Gasteiger partial charge in [-0.1, -0.05) is 18.2 Å². The van der Waals surface area contributed by atoms with Crippen molar-refractivity contribution in [2.45, 2.75) is 33.2 Å². The van der Waals surface area contributed by atoms with Gasteiger partial charge in [0.25, 0.3) is 5.91 Å². The third kappa shape index (κ3) is 3.35. The summed E-state index contributed by atoms with van der Waals surface area (Å²) in [6.45, 7) is 5.52. The normalized spacial score (nSPS) is 13.4. The zero-order valence-corrected chi connectivity index (χ0v) is 17.4. The fraction of sp³-hybridized carbons (Fsp3) is 0.348. The van der Waals surface area contributed by atoms with Gasteiger partial charge in [0.05, 0.1) is 24.2 Å². The van der Waals surface area contributed by atoms with Crippen LogP contribution < -0.4 is 5.73 Å². The minimum absolute atomic E-state index is 0.0964. The van der Waals surface area contributed by atoms with Crippen molar-refractivity contribution in [2.75, 3.05) is 19.7 Å². The van der Waals surface area contributed by atoms with Crippen LogP contribution in [0.15, 0.2) is 36.7 Å². The second kappa shape index (κ2) is 8.28. The second-order valence-electron chi connectivity index (χ2n) is 7.46. The van der Waals surface area contributed by atoms with Crippen molar-refractivity contribution in [1.82, 2.24) is 14.5 Å². The molecule has 0 radical (unpaired) electrons. The van der Waals surface area contributed by atoms with Crippen LogP contribution in [0.5, 0.6) is 0 Å². The Morgan fingerprint density at radius 2 is 2.03 bits per heavy atom. The van der Waals surface area contributed by atoms with Gasteiger partial charge in [0.1, 0.15) is 0 Å². The summed E-state index contributed by atoms with van der Waals surface area (Å²) in [6, 6.07) is 7.92. The van der Waals surface area contributed by atoms with Gasteiger partial charge in [-0.2, -0.15) is 0 Å². The number of amides is 1. The molecule has 3 heterocycles. The van der Waals surface area contributed by atoms with E-state index in [4.69, 9.17) is 10.5 Å². The molecule has 3 aromatic rings. The second-order valence-corrected chi connectivity index (χ2v) is 7.46. The Labute approximate surface area is 175 Å². The van der Waals surface area contributed by atoms with Crippen LogP contribution in [0, 0.1) is 6.92 Å². The van der Waals surface area contributed by atoms with Gasteiger partial charge in [-0.3, -0.25) is 14.3 Å². The number of nitrogens with zero attached hydrogens (tertiary/aromatic N) is 3. The molecule has 4 rings (SSSR count). The lowest BCUT2D eigenvalue weighted by Crippen LogP contribution is -2.37. The number of rotatable bonds is 4. The Morgan fingerprint density at radius 1 is 1.23 bits per heavy atom. The minimum Gasteiger partial charge on any atom is -0.450 e. The number of ether oxygens (including phenoxy) is 1.